The van der Waals surface area contributed by atoms with Crippen molar-refractivity contribution >= 4 is 34.5 Å². The van der Waals surface area contributed by atoms with Gasteiger partial charge in [-0.05, 0) is 59.4 Å². The summed E-state index contributed by atoms with van der Waals surface area (Å²) in [6, 6.07) is 20.0. The predicted molar refractivity (Wildman–Crippen MR) is 156 cm³/mol. The fourth-order valence-corrected chi connectivity index (χ4v) is 4.19. The van der Waals surface area contributed by atoms with Gasteiger partial charge in [0, 0.05) is 47.3 Å². The van der Waals surface area contributed by atoms with Crippen molar-refractivity contribution in [1.82, 2.24) is 19.9 Å². The van der Waals surface area contributed by atoms with Crippen LogP contribution in [0, 0.1) is 0 Å². The summed E-state index contributed by atoms with van der Waals surface area (Å²) in [5, 5.41) is 7.66. The molecule has 0 saturated carbocycles. The van der Waals surface area contributed by atoms with Gasteiger partial charge in [0.25, 0.3) is 0 Å². The topological polar surface area (TPSA) is 95.6 Å². The Morgan fingerprint density at radius 3 is 2.55 bits per heavy atom. The summed E-state index contributed by atoms with van der Waals surface area (Å²) >= 11 is 0. The molecule has 3 aromatic heterocycles. The van der Waals surface area contributed by atoms with Crippen molar-refractivity contribution in [2.75, 3.05) is 17.7 Å². The van der Waals surface area contributed by atoms with Crippen LogP contribution in [0.15, 0.2) is 79.4 Å². The summed E-state index contributed by atoms with van der Waals surface area (Å²) in [6.45, 7) is 8.56. The lowest BCUT2D eigenvalue weighted by atomic mass is 9.86. The largest absolute Gasteiger partial charge is 0.388 e. The summed E-state index contributed by atoms with van der Waals surface area (Å²) in [6.07, 6.45) is 7.09. The Balaban J connectivity index is 0.000000236. The molecular weight excluding hydrogens is 472 g/mol. The fourth-order valence-electron chi connectivity index (χ4n) is 4.19. The number of aldehydes is 1. The van der Waals surface area contributed by atoms with Crippen LogP contribution < -0.4 is 10.6 Å². The van der Waals surface area contributed by atoms with E-state index in [0.29, 0.717) is 0 Å². The second-order valence-corrected chi connectivity index (χ2v) is 9.96. The number of anilines is 3. The summed E-state index contributed by atoms with van der Waals surface area (Å²) in [5.74, 6) is 0.764. The first-order chi connectivity index (χ1) is 18.3. The third-order valence-corrected chi connectivity index (χ3v) is 6.33. The van der Waals surface area contributed by atoms with Crippen molar-refractivity contribution in [3.05, 3.63) is 96.1 Å². The minimum absolute atomic E-state index is 0.124. The maximum atomic E-state index is 10.5. The Hall–Kier alpha value is -4.52. The van der Waals surface area contributed by atoms with E-state index in [-0.39, 0.29) is 5.41 Å². The average Bonchev–Trinajstić information content (AvgIpc) is 3.42. The third kappa shape index (κ3) is 6.06. The molecule has 5 rings (SSSR count). The molecule has 0 fully saturated rings. The predicted octanol–water partition coefficient (Wildman–Crippen LogP) is 7.16. The molecule has 194 valence electrons. The van der Waals surface area contributed by atoms with Crippen molar-refractivity contribution in [3.8, 4) is 11.3 Å². The van der Waals surface area contributed by atoms with E-state index in [1.165, 1.54) is 11.1 Å². The number of hydrogen-bond acceptors (Lipinski definition) is 6. The molecule has 0 atom stereocenters. The summed E-state index contributed by atoms with van der Waals surface area (Å²) in [7, 11) is 1.94. The molecule has 2 aromatic carbocycles. The molecule has 0 aliphatic carbocycles. The number of nitrogens with zero attached hydrogens (tertiary/aromatic N) is 3. The second kappa shape index (κ2) is 11.7. The summed E-state index contributed by atoms with van der Waals surface area (Å²) in [4.78, 5) is 26.9. The number of aryl methyl sites for hydroxylation is 1. The first kappa shape index (κ1) is 26.5. The molecule has 7 heteroatoms. The number of rotatable bonds is 6. The lowest BCUT2D eigenvalue weighted by Crippen LogP contribution is -2.10. The van der Waals surface area contributed by atoms with E-state index >= 15 is 0 Å². The molecule has 0 spiro atoms. The Kier molecular flexibility index (Phi) is 8.16. The zero-order chi connectivity index (χ0) is 27.1. The van der Waals surface area contributed by atoms with Crippen LogP contribution in [0.1, 0.15) is 49.2 Å². The maximum absolute atomic E-state index is 10.5. The van der Waals surface area contributed by atoms with E-state index in [4.69, 9.17) is 0 Å². The van der Waals surface area contributed by atoms with Gasteiger partial charge in [-0.25, -0.2) is 15.0 Å². The van der Waals surface area contributed by atoms with Crippen LogP contribution in [0.25, 0.3) is 22.3 Å². The molecule has 0 unspecified atom stereocenters. The van der Waals surface area contributed by atoms with Crippen LogP contribution in [-0.2, 0) is 11.8 Å². The van der Waals surface area contributed by atoms with Crippen LogP contribution in [0.2, 0.25) is 0 Å². The number of benzene rings is 2. The molecule has 0 amide bonds. The minimum atomic E-state index is 0.124. The highest BCUT2D eigenvalue weighted by molar-refractivity contribution is 5.94. The van der Waals surface area contributed by atoms with E-state index < -0.39 is 0 Å². The standard InChI is InChI=1S/C20H20N6.C11H14O/c1-3-13-6-7-14(11-17(13)21-2)26-20-15(5-4-9-22-20)18-16-8-10-23-19(16)25-12-24-18;1-11(2,3)10-6-4-5-9(7-10)8-12/h4-12,21H,3H2,1-2H3,(H,22,26)(H,23,24,25);4-8H,1-3H3. The zero-order valence-corrected chi connectivity index (χ0v) is 22.5. The molecule has 0 aliphatic heterocycles. The van der Waals surface area contributed by atoms with Gasteiger partial charge in [-0.15, -0.1) is 0 Å². The Morgan fingerprint density at radius 1 is 0.974 bits per heavy atom. The first-order valence-corrected chi connectivity index (χ1v) is 12.7. The van der Waals surface area contributed by atoms with Crippen LogP contribution in [0.4, 0.5) is 17.2 Å². The first-order valence-electron chi connectivity index (χ1n) is 12.7. The Bertz CT molecular complexity index is 1530. The second-order valence-electron chi connectivity index (χ2n) is 9.96. The lowest BCUT2D eigenvalue weighted by molar-refractivity contribution is 0.112. The number of carbonyl (C=O) groups excluding carboxylic acids is 1. The van der Waals surface area contributed by atoms with E-state index in [2.05, 4.69) is 76.5 Å². The van der Waals surface area contributed by atoms with Gasteiger partial charge in [-0.2, -0.15) is 0 Å². The molecular formula is C31H34N6O. The zero-order valence-electron chi connectivity index (χ0n) is 22.5. The van der Waals surface area contributed by atoms with Gasteiger partial charge in [0.15, 0.2) is 0 Å². The fraction of sp³-hybridized carbons (Fsp3) is 0.226. The van der Waals surface area contributed by atoms with Gasteiger partial charge in [-0.1, -0.05) is 52.0 Å². The van der Waals surface area contributed by atoms with Gasteiger partial charge >= 0.3 is 0 Å². The number of aromatic nitrogens is 4. The molecule has 3 heterocycles. The number of nitrogens with one attached hydrogen (secondary N) is 3. The molecule has 0 bridgehead atoms. The highest BCUT2D eigenvalue weighted by atomic mass is 16.1. The maximum Gasteiger partial charge on any atom is 0.150 e. The molecule has 5 aromatic rings. The van der Waals surface area contributed by atoms with Gasteiger partial charge in [0.2, 0.25) is 0 Å². The monoisotopic (exact) mass is 506 g/mol. The number of pyridine rings is 1. The SMILES string of the molecule is CC(C)(C)c1cccc(C=O)c1.CCc1ccc(Nc2ncccc2-c2ncnc3[nH]ccc23)cc1NC. The number of H-pyrrole nitrogens is 1. The number of hydrogen-bond donors (Lipinski definition) is 3. The summed E-state index contributed by atoms with van der Waals surface area (Å²) < 4.78 is 0. The van der Waals surface area contributed by atoms with Crippen LogP contribution in [-0.4, -0.2) is 33.3 Å². The van der Waals surface area contributed by atoms with Gasteiger partial charge < -0.3 is 15.6 Å². The van der Waals surface area contributed by atoms with E-state index in [0.717, 1.165) is 57.8 Å². The highest BCUT2D eigenvalue weighted by Gasteiger charge is 2.14. The van der Waals surface area contributed by atoms with Crippen LogP contribution >= 0.6 is 0 Å². The molecule has 3 N–H and O–H groups in total. The summed E-state index contributed by atoms with van der Waals surface area (Å²) in [5.41, 5.74) is 8.05. The molecule has 0 radical (unpaired) electrons. The van der Waals surface area contributed by atoms with Crippen molar-refractivity contribution in [1.29, 1.82) is 0 Å². The quantitative estimate of drug-likeness (QED) is 0.211. The molecule has 0 aliphatic rings. The molecule has 7 nitrogen and oxygen atoms in total. The van der Waals surface area contributed by atoms with Crippen molar-refractivity contribution < 1.29 is 4.79 Å². The Morgan fingerprint density at radius 2 is 1.82 bits per heavy atom. The number of aromatic amines is 1. The molecule has 0 saturated heterocycles. The minimum Gasteiger partial charge on any atom is -0.388 e. The van der Waals surface area contributed by atoms with Crippen molar-refractivity contribution in [2.24, 2.45) is 0 Å². The van der Waals surface area contributed by atoms with Gasteiger partial charge in [-0.3, -0.25) is 4.79 Å². The average molecular weight is 507 g/mol. The van der Waals surface area contributed by atoms with Crippen molar-refractivity contribution in [2.45, 2.75) is 39.5 Å². The van der Waals surface area contributed by atoms with E-state index in [1.807, 2.05) is 55.7 Å². The Labute approximate surface area is 223 Å². The smallest absolute Gasteiger partial charge is 0.150 e. The molecule has 38 heavy (non-hydrogen) atoms. The highest BCUT2D eigenvalue weighted by Crippen LogP contribution is 2.32. The normalized spacial score (nSPS) is 11.0. The number of carbonyl (C=O) groups is 1. The van der Waals surface area contributed by atoms with E-state index in [9.17, 15) is 4.79 Å². The lowest BCUT2D eigenvalue weighted by Gasteiger charge is -2.18. The number of fused-ring (bicyclic) bond motifs is 1. The van der Waals surface area contributed by atoms with Crippen molar-refractivity contribution in [3.63, 3.8) is 0 Å². The van der Waals surface area contributed by atoms with Gasteiger partial charge in [0.05, 0.1) is 5.69 Å². The third-order valence-electron chi connectivity index (χ3n) is 6.33. The van der Waals surface area contributed by atoms with Gasteiger partial charge in [0.1, 0.15) is 24.1 Å². The van der Waals surface area contributed by atoms with Crippen LogP contribution in [0.3, 0.4) is 0 Å². The van der Waals surface area contributed by atoms with E-state index in [1.54, 1.807) is 12.5 Å². The van der Waals surface area contributed by atoms with Crippen LogP contribution in [0.5, 0.6) is 0 Å².